The van der Waals surface area contributed by atoms with Crippen LogP contribution in [0.2, 0.25) is 0 Å². The molecule has 7 heteroatoms. The van der Waals surface area contributed by atoms with E-state index >= 15 is 0 Å². The van der Waals surface area contributed by atoms with Gasteiger partial charge in [-0.25, -0.2) is 0 Å². The molecule has 0 bridgehead atoms. The molecule has 0 aromatic heterocycles. The lowest BCUT2D eigenvalue weighted by atomic mass is 9.76. The molecular weight excluding hydrogens is 533 g/mol. The second kappa shape index (κ2) is 14.0. The van der Waals surface area contributed by atoms with Gasteiger partial charge in [0, 0.05) is 12.8 Å². The number of aliphatic hydroxyl groups is 1. The van der Waals surface area contributed by atoms with Crippen molar-refractivity contribution in [2.45, 2.75) is 37.1 Å². The number of hydrogen-bond donors (Lipinski definition) is 2. The predicted molar refractivity (Wildman–Crippen MR) is 159 cm³/mol. The van der Waals surface area contributed by atoms with Gasteiger partial charge in [-0.05, 0) is 35.6 Å². The normalized spacial score (nSPS) is 13.6. The summed E-state index contributed by atoms with van der Waals surface area (Å²) < 4.78 is 17.6. The zero-order chi connectivity index (χ0) is 29.1. The van der Waals surface area contributed by atoms with Crippen LogP contribution in [0.25, 0.3) is 0 Å². The van der Waals surface area contributed by atoms with Gasteiger partial charge in [0.15, 0.2) is 13.8 Å². The van der Waals surface area contributed by atoms with E-state index in [9.17, 15) is 19.3 Å². The highest BCUT2D eigenvalue weighted by Crippen LogP contribution is 2.39. The van der Waals surface area contributed by atoms with Crippen LogP contribution in [0.4, 0.5) is 0 Å². The Morgan fingerprint density at radius 3 is 1.63 bits per heavy atom. The Kier molecular flexibility index (Phi) is 10.2. The number of carbonyl (C=O) groups excluding carboxylic acids is 2. The van der Waals surface area contributed by atoms with Gasteiger partial charge in [-0.2, -0.15) is 0 Å². The van der Waals surface area contributed by atoms with Gasteiger partial charge in [0.25, 0.3) is 0 Å². The van der Waals surface area contributed by atoms with Gasteiger partial charge in [-0.1, -0.05) is 121 Å². The minimum Gasteiger partial charge on any atom is -0.466 e. The van der Waals surface area contributed by atoms with E-state index < -0.39 is 31.2 Å². The van der Waals surface area contributed by atoms with E-state index in [0.717, 1.165) is 16.7 Å². The first-order valence-corrected chi connectivity index (χ1v) is 14.5. The number of carbonyl (C=O) groups is 2. The minimum absolute atomic E-state index is 0.0357. The Morgan fingerprint density at radius 1 is 0.780 bits per heavy atom. The molecule has 0 heterocycles. The molecule has 6 nitrogen and oxygen atoms in total. The molecule has 0 radical (unpaired) electrons. The molecule has 4 aromatic carbocycles. The molecule has 0 fully saturated rings. The fraction of sp³-hybridized carbons (Fsp3) is 0.235. The molecule has 4 aromatic rings. The van der Waals surface area contributed by atoms with E-state index in [1.165, 1.54) is 0 Å². The van der Waals surface area contributed by atoms with Crippen molar-refractivity contribution >= 4 is 20.3 Å². The van der Waals surface area contributed by atoms with Crippen molar-refractivity contribution in [1.82, 2.24) is 5.32 Å². The van der Waals surface area contributed by atoms with E-state index in [1.54, 1.807) is 31.2 Å². The van der Waals surface area contributed by atoms with Crippen LogP contribution in [-0.2, 0) is 30.9 Å². The van der Waals surface area contributed by atoms with Crippen LogP contribution in [0.1, 0.15) is 42.0 Å². The molecule has 210 valence electrons. The van der Waals surface area contributed by atoms with Crippen molar-refractivity contribution in [1.29, 1.82) is 0 Å². The van der Waals surface area contributed by atoms with Gasteiger partial charge in [0.05, 0.1) is 12.5 Å². The number of rotatable bonds is 13. The summed E-state index contributed by atoms with van der Waals surface area (Å²) in [5, 5.41) is 12.8. The largest absolute Gasteiger partial charge is 0.466 e. The third-order valence-electron chi connectivity index (χ3n) is 7.20. The second-order valence-corrected chi connectivity index (χ2v) is 10.8. The van der Waals surface area contributed by atoms with Crippen molar-refractivity contribution in [2.75, 3.05) is 6.61 Å². The molecule has 4 rings (SSSR count). The van der Waals surface area contributed by atoms with Crippen molar-refractivity contribution in [2.24, 2.45) is 5.92 Å². The summed E-state index contributed by atoms with van der Waals surface area (Å²) in [6.45, 7) is 1.76. The number of ether oxygens (including phenoxy) is 1. The van der Waals surface area contributed by atoms with Gasteiger partial charge in [-0.15, -0.1) is 0 Å². The monoisotopic (exact) mass is 567 g/mol. The molecule has 0 spiro atoms. The number of hydrogen-bond acceptors (Lipinski definition) is 5. The van der Waals surface area contributed by atoms with Crippen LogP contribution < -0.4 is 5.32 Å². The molecule has 2 unspecified atom stereocenters. The predicted octanol–water partition coefficient (Wildman–Crippen LogP) is 6.28. The van der Waals surface area contributed by atoms with Gasteiger partial charge >= 0.3 is 5.97 Å². The molecule has 2 atom stereocenters. The van der Waals surface area contributed by atoms with E-state index in [1.807, 2.05) is 97.1 Å². The highest BCUT2D eigenvalue weighted by Gasteiger charge is 2.44. The molecule has 0 aliphatic carbocycles. The summed E-state index contributed by atoms with van der Waals surface area (Å²) >= 11 is 0. The fourth-order valence-corrected chi connectivity index (χ4v) is 5.83. The molecule has 2 N–H and O–H groups in total. The summed E-state index contributed by atoms with van der Waals surface area (Å²) in [7, 11) is -0.619. The Labute approximate surface area is 242 Å². The molecule has 0 aliphatic heterocycles. The molecule has 0 saturated carbocycles. The van der Waals surface area contributed by atoms with Gasteiger partial charge in [0.2, 0.25) is 5.91 Å². The summed E-state index contributed by atoms with van der Waals surface area (Å²) in [6, 6.07) is 38.2. The van der Waals surface area contributed by atoms with Gasteiger partial charge in [-0.3, -0.25) is 14.2 Å². The zero-order valence-electron chi connectivity index (χ0n) is 23.0. The van der Waals surface area contributed by atoms with Crippen LogP contribution in [0, 0.1) is 5.92 Å². The first kappa shape index (κ1) is 29.9. The highest BCUT2D eigenvalue weighted by atomic mass is 31.1. The van der Waals surface area contributed by atoms with Crippen molar-refractivity contribution in [3.8, 4) is 0 Å². The first-order valence-electron chi connectivity index (χ1n) is 13.7. The Balaban J connectivity index is 1.68. The van der Waals surface area contributed by atoms with Crippen LogP contribution in [-0.4, -0.2) is 28.9 Å². The highest BCUT2D eigenvalue weighted by molar-refractivity contribution is 7.25. The number of benzene rings is 4. The third-order valence-corrected chi connectivity index (χ3v) is 7.99. The van der Waals surface area contributed by atoms with E-state index in [-0.39, 0.29) is 31.8 Å². The number of nitrogens with one attached hydrogen (secondary N) is 1. The van der Waals surface area contributed by atoms with Crippen LogP contribution in [0.3, 0.4) is 0 Å². The minimum atomic E-state index is -1.94. The topological polar surface area (TPSA) is 92.7 Å². The SMILES string of the molecule is CCOC(=O)C(CCC(=O)NC(c1ccccc1)(c1ccccc1)c1ccccc1)C(O)(Cc1ccccc1)P=O. The van der Waals surface area contributed by atoms with Crippen molar-refractivity contribution in [3.63, 3.8) is 0 Å². The first-order chi connectivity index (χ1) is 19.9. The second-order valence-electron chi connectivity index (χ2n) is 9.87. The molecular formula is C34H34NO5P. The van der Waals surface area contributed by atoms with E-state index in [4.69, 9.17) is 4.74 Å². The maximum Gasteiger partial charge on any atom is 0.312 e. The van der Waals surface area contributed by atoms with Gasteiger partial charge < -0.3 is 15.2 Å². The average molecular weight is 568 g/mol. The number of amides is 1. The molecule has 41 heavy (non-hydrogen) atoms. The maximum atomic E-state index is 13.8. The third kappa shape index (κ3) is 6.97. The lowest BCUT2D eigenvalue weighted by Gasteiger charge is -2.37. The molecule has 0 saturated heterocycles. The standard InChI is InChI=1S/C34H34NO5P/c1-2-40-32(37)30(33(38,41-39)25-26-15-7-3-8-16-26)23-24-31(36)35-34(27-17-9-4-10-18-27,28-19-11-5-12-20-28)29-21-13-6-14-22-29/h3-22,30,38H,2,23-25H2,1H3,(H,35,36). The Morgan fingerprint density at radius 2 is 1.22 bits per heavy atom. The zero-order valence-corrected chi connectivity index (χ0v) is 23.9. The summed E-state index contributed by atoms with van der Waals surface area (Å²) in [5.74, 6) is -2.21. The molecule has 1 amide bonds. The lowest BCUT2D eigenvalue weighted by molar-refractivity contribution is -0.154. The lowest BCUT2D eigenvalue weighted by Crippen LogP contribution is -2.48. The smallest absolute Gasteiger partial charge is 0.312 e. The van der Waals surface area contributed by atoms with E-state index in [2.05, 4.69) is 5.32 Å². The van der Waals surface area contributed by atoms with Crippen LogP contribution >= 0.6 is 8.46 Å². The molecule has 0 aliphatic rings. The van der Waals surface area contributed by atoms with E-state index in [0.29, 0.717) is 5.56 Å². The summed E-state index contributed by atoms with van der Waals surface area (Å²) in [6.07, 6.45) is -0.200. The van der Waals surface area contributed by atoms with Crippen molar-refractivity contribution < 1.29 is 24.0 Å². The Bertz CT molecular complexity index is 1320. The van der Waals surface area contributed by atoms with Crippen LogP contribution in [0.5, 0.6) is 0 Å². The Hall–Kier alpha value is -4.12. The van der Waals surface area contributed by atoms with Crippen LogP contribution in [0.15, 0.2) is 121 Å². The van der Waals surface area contributed by atoms with Gasteiger partial charge in [0.1, 0.15) is 5.54 Å². The fourth-order valence-electron chi connectivity index (χ4n) is 5.22. The average Bonchev–Trinajstić information content (AvgIpc) is 3.02. The summed E-state index contributed by atoms with van der Waals surface area (Å²) in [4.78, 5) is 26.9. The summed E-state index contributed by atoms with van der Waals surface area (Å²) in [5.41, 5.74) is 2.30. The maximum absolute atomic E-state index is 13.8. The quantitative estimate of drug-likeness (QED) is 0.113. The van der Waals surface area contributed by atoms with Crippen molar-refractivity contribution in [3.05, 3.63) is 144 Å². The number of esters is 1.